The Morgan fingerprint density at radius 2 is 1.79 bits per heavy atom. The van der Waals surface area contributed by atoms with Crippen molar-refractivity contribution in [1.29, 1.82) is 0 Å². The fourth-order valence-corrected chi connectivity index (χ4v) is 4.37. The second-order valence-corrected chi connectivity index (χ2v) is 7.76. The zero-order valence-corrected chi connectivity index (χ0v) is 16.5. The Labute approximate surface area is 168 Å². The molecule has 4 rings (SSSR count). The standard InChI is InChI=1S/C23H21N3OS/c1-2-21(18-10-4-3-5-11-18)28-23-25-20-13-7-6-12-19(20)22(27)26(23)16-17-9-8-14-24-15-17/h3-15,21H,2,16H2,1H3. The maximum absolute atomic E-state index is 13.2. The maximum Gasteiger partial charge on any atom is 0.262 e. The highest BCUT2D eigenvalue weighted by molar-refractivity contribution is 7.99. The topological polar surface area (TPSA) is 47.8 Å². The molecule has 1 atom stereocenters. The van der Waals surface area contributed by atoms with Crippen LogP contribution in [0.2, 0.25) is 0 Å². The van der Waals surface area contributed by atoms with Gasteiger partial charge in [-0.15, -0.1) is 0 Å². The predicted molar refractivity (Wildman–Crippen MR) is 115 cm³/mol. The number of hydrogen-bond donors (Lipinski definition) is 0. The molecule has 0 aliphatic rings. The van der Waals surface area contributed by atoms with E-state index in [1.807, 2.05) is 42.5 Å². The molecule has 0 spiro atoms. The molecule has 0 saturated carbocycles. The number of para-hydroxylation sites is 1. The minimum Gasteiger partial charge on any atom is -0.283 e. The van der Waals surface area contributed by atoms with Gasteiger partial charge in [0.05, 0.1) is 17.4 Å². The SMILES string of the molecule is CCC(Sc1nc2ccccc2c(=O)n1Cc1cccnc1)c1ccccc1. The van der Waals surface area contributed by atoms with Crippen LogP contribution in [0, 0.1) is 0 Å². The lowest BCUT2D eigenvalue weighted by atomic mass is 10.1. The monoisotopic (exact) mass is 387 g/mol. The third-order valence-corrected chi connectivity index (χ3v) is 6.09. The van der Waals surface area contributed by atoms with E-state index >= 15 is 0 Å². The van der Waals surface area contributed by atoms with Crippen LogP contribution in [-0.2, 0) is 6.54 Å². The van der Waals surface area contributed by atoms with Crippen LogP contribution in [0.3, 0.4) is 0 Å². The van der Waals surface area contributed by atoms with Gasteiger partial charge in [0.1, 0.15) is 0 Å². The van der Waals surface area contributed by atoms with Gasteiger partial charge in [0.2, 0.25) is 0 Å². The number of aromatic nitrogens is 3. The van der Waals surface area contributed by atoms with Crippen molar-refractivity contribution >= 4 is 22.7 Å². The van der Waals surface area contributed by atoms with Gasteiger partial charge in [-0.25, -0.2) is 4.98 Å². The minimum atomic E-state index is -0.0140. The maximum atomic E-state index is 13.2. The first-order chi connectivity index (χ1) is 13.8. The predicted octanol–water partition coefficient (Wildman–Crippen LogP) is 5.08. The molecule has 5 heteroatoms. The van der Waals surface area contributed by atoms with Crippen LogP contribution in [0.1, 0.15) is 29.7 Å². The van der Waals surface area contributed by atoms with Gasteiger partial charge in [-0.1, -0.05) is 67.2 Å². The van der Waals surface area contributed by atoms with Crippen LogP contribution in [0.25, 0.3) is 10.9 Å². The molecule has 2 aromatic heterocycles. The molecular weight excluding hydrogens is 366 g/mol. The summed E-state index contributed by atoms with van der Waals surface area (Å²) in [6.07, 6.45) is 4.48. The summed E-state index contributed by atoms with van der Waals surface area (Å²) in [5.41, 5.74) is 2.95. The van der Waals surface area contributed by atoms with Gasteiger partial charge < -0.3 is 0 Å². The van der Waals surface area contributed by atoms with Gasteiger partial charge in [-0.3, -0.25) is 14.3 Å². The lowest BCUT2D eigenvalue weighted by molar-refractivity contribution is 0.653. The first-order valence-electron chi connectivity index (χ1n) is 9.36. The Balaban J connectivity index is 1.81. The Hall–Kier alpha value is -2.92. The van der Waals surface area contributed by atoms with Crippen LogP contribution in [-0.4, -0.2) is 14.5 Å². The molecule has 0 fully saturated rings. The Morgan fingerprint density at radius 3 is 2.54 bits per heavy atom. The van der Waals surface area contributed by atoms with E-state index in [2.05, 4.69) is 36.2 Å². The summed E-state index contributed by atoms with van der Waals surface area (Å²) in [6.45, 7) is 2.62. The molecular formula is C23H21N3OS. The lowest BCUT2D eigenvalue weighted by Crippen LogP contribution is -2.24. The summed E-state index contributed by atoms with van der Waals surface area (Å²) >= 11 is 1.65. The van der Waals surface area contributed by atoms with Crippen LogP contribution < -0.4 is 5.56 Å². The molecule has 0 radical (unpaired) electrons. The van der Waals surface area contributed by atoms with E-state index in [1.54, 1.807) is 28.7 Å². The normalized spacial score (nSPS) is 12.2. The van der Waals surface area contributed by atoms with Crippen molar-refractivity contribution < 1.29 is 0 Å². The summed E-state index contributed by atoms with van der Waals surface area (Å²) in [5.74, 6) is 0. The van der Waals surface area contributed by atoms with Crippen molar-refractivity contribution in [1.82, 2.24) is 14.5 Å². The summed E-state index contributed by atoms with van der Waals surface area (Å²) in [5, 5.41) is 1.61. The van der Waals surface area contributed by atoms with E-state index in [0.717, 1.165) is 22.7 Å². The Kier molecular flexibility index (Phi) is 5.53. The summed E-state index contributed by atoms with van der Waals surface area (Å²) in [6, 6.07) is 21.8. The number of rotatable bonds is 6. The second-order valence-electron chi connectivity index (χ2n) is 6.59. The van der Waals surface area contributed by atoms with Crippen LogP contribution in [0.4, 0.5) is 0 Å². The Morgan fingerprint density at radius 1 is 1.00 bits per heavy atom. The third-order valence-electron chi connectivity index (χ3n) is 4.68. The smallest absolute Gasteiger partial charge is 0.262 e. The van der Waals surface area contributed by atoms with Crippen LogP contribution >= 0.6 is 11.8 Å². The molecule has 4 aromatic rings. The van der Waals surface area contributed by atoms with E-state index in [0.29, 0.717) is 11.9 Å². The summed E-state index contributed by atoms with van der Waals surface area (Å²) < 4.78 is 1.77. The van der Waals surface area contributed by atoms with E-state index < -0.39 is 0 Å². The van der Waals surface area contributed by atoms with E-state index in [1.165, 1.54) is 5.56 Å². The van der Waals surface area contributed by atoms with Crippen molar-refractivity contribution in [3.8, 4) is 0 Å². The molecule has 0 bridgehead atoms. The lowest BCUT2D eigenvalue weighted by Gasteiger charge is -2.18. The molecule has 140 valence electrons. The van der Waals surface area contributed by atoms with Crippen LogP contribution in [0.15, 0.2) is 89.1 Å². The number of hydrogen-bond acceptors (Lipinski definition) is 4. The van der Waals surface area contributed by atoms with Gasteiger partial charge in [0.15, 0.2) is 5.16 Å². The third kappa shape index (κ3) is 3.85. The minimum absolute atomic E-state index is 0.0140. The number of nitrogens with zero attached hydrogens (tertiary/aromatic N) is 3. The second kappa shape index (κ2) is 8.40. The molecule has 28 heavy (non-hydrogen) atoms. The van der Waals surface area contributed by atoms with Gasteiger partial charge >= 0.3 is 0 Å². The highest BCUT2D eigenvalue weighted by Gasteiger charge is 2.17. The average Bonchev–Trinajstić information content (AvgIpc) is 2.76. The van der Waals surface area contributed by atoms with Crippen molar-refractivity contribution in [3.05, 3.63) is 101 Å². The molecule has 0 N–H and O–H groups in total. The quantitative estimate of drug-likeness (QED) is 0.342. The van der Waals surface area contributed by atoms with Gasteiger partial charge in [0.25, 0.3) is 5.56 Å². The summed E-state index contributed by atoms with van der Waals surface area (Å²) in [4.78, 5) is 22.3. The van der Waals surface area contributed by atoms with E-state index in [-0.39, 0.29) is 10.8 Å². The zero-order valence-electron chi connectivity index (χ0n) is 15.7. The molecule has 2 aromatic carbocycles. The van der Waals surface area contributed by atoms with Crippen molar-refractivity contribution in [2.75, 3.05) is 0 Å². The Bertz CT molecular complexity index is 1130. The van der Waals surface area contributed by atoms with E-state index in [9.17, 15) is 4.79 Å². The zero-order chi connectivity index (χ0) is 19.3. The largest absolute Gasteiger partial charge is 0.283 e. The fourth-order valence-electron chi connectivity index (χ4n) is 3.23. The molecule has 1 unspecified atom stereocenters. The molecule has 2 heterocycles. The highest BCUT2D eigenvalue weighted by Crippen LogP contribution is 2.36. The average molecular weight is 388 g/mol. The number of fused-ring (bicyclic) bond motifs is 1. The first-order valence-corrected chi connectivity index (χ1v) is 10.2. The molecule has 0 saturated heterocycles. The number of pyridine rings is 1. The molecule has 0 amide bonds. The molecule has 4 nitrogen and oxygen atoms in total. The van der Waals surface area contributed by atoms with E-state index in [4.69, 9.17) is 4.98 Å². The molecule has 0 aliphatic carbocycles. The van der Waals surface area contributed by atoms with Gasteiger partial charge in [0, 0.05) is 17.6 Å². The highest BCUT2D eigenvalue weighted by atomic mass is 32.2. The van der Waals surface area contributed by atoms with Crippen molar-refractivity contribution in [2.45, 2.75) is 30.3 Å². The first kappa shape index (κ1) is 18.4. The van der Waals surface area contributed by atoms with Crippen molar-refractivity contribution in [3.63, 3.8) is 0 Å². The molecule has 0 aliphatic heterocycles. The summed E-state index contributed by atoms with van der Waals surface area (Å²) in [7, 11) is 0. The fraction of sp³-hybridized carbons (Fsp3) is 0.174. The number of thioether (sulfide) groups is 1. The van der Waals surface area contributed by atoms with Crippen LogP contribution in [0.5, 0.6) is 0 Å². The van der Waals surface area contributed by atoms with Crippen molar-refractivity contribution in [2.24, 2.45) is 0 Å². The number of benzene rings is 2. The van der Waals surface area contributed by atoms with Gasteiger partial charge in [-0.05, 0) is 35.7 Å². The van der Waals surface area contributed by atoms with Gasteiger partial charge in [-0.2, -0.15) is 0 Å².